The molecule has 0 unspecified atom stereocenters. The summed E-state index contributed by atoms with van der Waals surface area (Å²) in [5.41, 5.74) is 1.11. The quantitative estimate of drug-likeness (QED) is 0.306. The number of imide groups is 1. The molecule has 3 N–H and O–H groups in total. The van der Waals surface area contributed by atoms with Crippen LogP contribution in [-0.2, 0) is 22.3 Å². The van der Waals surface area contributed by atoms with Gasteiger partial charge in [-0.1, -0.05) is 12.1 Å². The van der Waals surface area contributed by atoms with Crippen molar-refractivity contribution in [1.82, 2.24) is 25.6 Å². The predicted molar refractivity (Wildman–Crippen MR) is 157 cm³/mol. The van der Waals surface area contributed by atoms with Crippen LogP contribution in [0.15, 0.2) is 53.6 Å². The van der Waals surface area contributed by atoms with Gasteiger partial charge in [-0.15, -0.1) is 0 Å². The first-order valence-corrected chi connectivity index (χ1v) is 14.3. The van der Waals surface area contributed by atoms with E-state index in [1.807, 2.05) is 4.90 Å². The molecule has 1 aromatic carbocycles. The summed E-state index contributed by atoms with van der Waals surface area (Å²) in [6.07, 6.45) is 0.221. The number of anilines is 2. The molecule has 3 aromatic rings. The Bertz CT molecular complexity index is 1570. The number of benzene rings is 1. The van der Waals surface area contributed by atoms with Gasteiger partial charge < -0.3 is 15.5 Å². The van der Waals surface area contributed by atoms with E-state index >= 15 is 0 Å². The molecule has 2 aliphatic heterocycles. The van der Waals surface area contributed by atoms with Gasteiger partial charge in [-0.25, -0.2) is 15.0 Å². The van der Waals surface area contributed by atoms with Crippen LogP contribution in [0, 0.1) is 5.92 Å². The Balaban J connectivity index is 1.19. The Morgan fingerprint density at radius 3 is 2.63 bits per heavy atom. The second-order valence-corrected chi connectivity index (χ2v) is 11.2. The van der Waals surface area contributed by atoms with Crippen molar-refractivity contribution < 1.29 is 27.6 Å². The second kappa shape index (κ2) is 12.9. The predicted octanol–water partition coefficient (Wildman–Crippen LogP) is 4.85. The molecule has 0 aliphatic carbocycles. The summed E-state index contributed by atoms with van der Waals surface area (Å²) >= 11 is 0.828. The Kier molecular flexibility index (Phi) is 9.06. The number of aromatic nitrogens is 3. The maximum atomic E-state index is 13.7. The lowest BCUT2D eigenvalue weighted by Crippen LogP contribution is -2.38. The number of hydrogen-bond donors (Lipinski definition) is 3. The fourth-order valence-electron chi connectivity index (χ4n) is 4.85. The van der Waals surface area contributed by atoms with Gasteiger partial charge in [0.05, 0.1) is 16.3 Å². The normalized spacial score (nSPS) is 16.9. The minimum Gasteiger partial charge on any atom is -0.341 e. The fraction of sp³-hybridized carbons (Fsp3) is 0.310. The number of rotatable bonds is 8. The van der Waals surface area contributed by atoms with Gasteiger partial charge in [0, 0.05) is 44.0 Å². The van der Waals surface area contributed by atoms with E-state index in [1.54, 1.807) is 48.7 Å². The highest BCUT2D eigenvalue weighted by atomic mass is 32.2. The average Bonchev–Trinajstić information content (AvgIpc) is 3.28. The van der Waals surface area contributed by atoms with E-state index in [0.717, 1.165) is 30.7 Å². The number of alkyl halides is 3. The Hall–Kier alpha value is -4.30. The van der Waals surface area contributed by atoms with Crippen molar-refractivity contribution in [3.8, 4) is 11.3 Å². The van der Waals surface area contributed by atoms with Crippen LogP contribution in [0.5, 0.6) is 0 Å². The van der Waals surface area contributed by atoms with Crippen LogP contribution < -0.4 is 20.9 Å². The monoisotopic (exact) mass is 611 g/mol. The smallest absolute Gasteiger partial charge is 0.341 e. The number of nitrogens with one attached hydrogen (secondary N) is 3. The van der Waals surface area contributed by atoms with E-state index in [2.05, 4.69) is 30.9 Å². The van der Waals surface area contributed by atoms with E-state index in [4.69, 9.17) is 0 Å². The second-order valence-electron chi connectivity index (χ2n) is 10.2. The van der Waals surface area contributed by atoms with Crippen LogP contribution in [0.3, 0.4) is 0 Å². The maximum absolute atomic E-state index is 13.7. The van der Waals surface area contributed by atoms with Gasteiger partial charge in [-0.3, -0.25) is 19.7 Å². The van der Waals surface area contributed by atoms with E-state index in [-0.39, 0.29) is 23.1 Å². The Morgan fingerprint density at radius 2 is 1.93 bits per heavy atom. The Morgan fingerprint density at radius 1 is 1.14 bits per heavy atom. The molecule has 0 radical (unpaired) electrons. The molecule has 2 aromatic heterocycles. The molecule has 4 heterocycles. The summed E-state index contributed by atoms with van der Waals surface area (Å²) < 4.78 is 41.0. The molecule has 10 nitrogen and oxygen atoms in total. The summed E-state index contributed by atoms with van der Waals surface area (Å²) in [6.45, 7) is 3.61. The minimum absolute atomic E-state index is 0.170. The van der Waals surface area contributed by atoms with Crippen molar-refractivity contribution in [1.29, 1.82) is 0 Å². The zero-order chi connectivity index (χ0) is 30.6. The summed E-state index contributed by atoms with van der Waals surface area (Å²) in [5.74, 6) is 0.111. The zero-order valence-electron chi connectivity index (χ0n) is 23.1. The molecular formula is C29H28F3N7O3S. The third-order valence-electron chi connectivity index (χ3n) is 6.90. The summed E-state index contributed by atoms with van der Waals surface area (Å²) in [5, 5.41) is 7.74. The van der Waals surface area contributed by atoms with Crippen molar-refractivity contribution in [3.05, 3.63) is 70.5 Å². The van der Waals surface area contributed by atoms with Crippen LogP contribution in [0.25, 0.3) is 17.3 Å². The van der Waals surface area contributed by atoms with Crippen LogP contribution >= 0.6 is 11.8 Å². The molecule has 0 saturated carbocycles. The lowest BCUT2D eigenvalue weighted by atomic mass is 9.97. The summed E-state index contributed by atoms with van der Waals surface area (Å²) in [7, 11) is 0. The standard InChI is InChI=1S/C29H28F3N7O3S/c1-17(40)35-21-4-2-3-20(13-21)23-11-19(12-25(37-23)29(30,31)32)16-33-15-18-6-9-39(10-7-18)27-34-8-5-22(36-27)14-24-26(41)38-28(42)43-24/h2-5,8,11-14,18,33H,6-7,9-10,15-16H2,1H3,(H,35,40)(H,38,41,42). The topological polar surface area (TPSA) is 129 Å². The first kappa shape index (κ1) is 30.2. The molecule has 3 amide bonds. The van der Waals surface area contributed by atoms with Crippen LogP contribution in [-0.4, -0.2) is 51.6 Å². The molecule has 5 rings (SSSR count). The largest absolute Gasteiger partial charge is 0.433 e. The maximum Gasteiger partial charge on any atom is 0.433 e. The van der Waals surface area contributed by atoms with E-state index in [0.29, 0.717) is 54.0 Å². The third kappa shape index (κ3) is 7.96. The number of thioether (sulfide) groups is 1. The third-order valence-corrected chi connectivity index (χ3v) is 7.71. The SMILES string of the molecule is CC(=O)Nc1cccc(-c2cc(CNCC3CCN(c4nccc(C=C5SC(=O)NC5=O)n4)CC3)cc(C(F)(F)F)n2)c1. The molecule has 2 aliphatic rings. The number of nitrogens with zero attached hydrogens (tertiary/aromatic N) is 4. The first-order valence-electron chi connectivity index (χ1n) is 13.5. The molecule has 0 atom stereocenters. The molecule has 43 heavy (non-hydrogen) atoms. The number of carbonyl (C=O) groups excluding carboxylic acids is 3. The molecule has 2 fully saturated rings. The van der Waals surface area contributed by atoms with E-state index in [1.165, 1.54) is 6.92 Å². The van der Waals surface area contributed by atoms with Crippen molar-refractivity contribution in [2.45, 2.75) is 32.5 Å². The minimum atomic E-state index is -4.61. The van der Waals surface area contributed by atoms with Gasteiger partial charge in [0.15, 0.2) is 0 Å². The van der Waals surface area contributed by atoms with Crippen molar-refractivity contribution in [3.63, 3.8) is 0 Å². The van der Waals surface area contributed by atoms with Crippen LogP contribution in [0.2, 0.25) is 0 Å². The van der Waals surface area contributed by atoms with Crippen molar-refractivity contribution in [2.24, 2.45) is 5.92 Å². The van der Waals surface area contributed by atoms with Gasteiger partial charge in [-0.05, 0) is 79.0 Å². The van der Waals surface area contributed by atoms with Crippen LogP contribution in [0.1, 0.15) is 36.7 Å². The molecule has 224 valence electrons. The number of pyridine rings is 1. The number of halogens is 3. The zero-order valence-corrected chi connectivity index (χ0v) is 23.9. The highest BCUT2D eigenvalue weighted by molar-refractivity contribution is 8.18. The van der Waals surface area contributed by atoms with Crippen LogP contribution in [0.4, 0.5) is 29.6 Å². The van der Waals surface area contributed by atoms with Gasteiger partial charge in [-0.2, -0.15) is 13.2 Å². The van der Waals surface area contributed by atoms with Gasteiger partial charge in [0.2, 0.25) is 11.9 Å². The molecule has 2 saturated heterocycles. The summed E-state index contributed by atoms with van der Waals surface area (Å²) in [6, 6.07) is 10.9. The van der Waals surface area contributed by atoms with Crippen molar-refractivity contribution in [2.75, 3.05) is 29.9 Å². The highest BCUT2D eigenvalue weighted by Crippen LogP contribution is 2.32. The van der Waals surface area contributed by atoms with Gasteiger partial charge >= 0.3 is 6.18 Å². The lowest BCUT2D eigenvalue weighted by Gasteiger charge is -2.32. The number of carbonyl (C=O) groups is 3. The van der Waals surface area contributed by atoms with Gasteiger partial charge in [0.25, 0.3) is 11.1 Å². The Labute approximate surface area is 249 Å². The number of amides is 3. The van der Waals surface area contributed by atoms with Gasteiger partial charge in [0.1, 0.15) is 5.69 Å². The molecule has 14 heteroatoms. The fourth-order valence-corrected chi connectivity index (χ4v) is 5.52. The number of hydrogen-bond acceptors (Lipinski definition) is 9. The first-order chi connectivity index (χ1) is 20.5. The number of piperidine rings is 1. The molecule has 0 bridgehead atoms. The van der Waals surface area contributed by atoms with E-state index in [9.17, 15) is 27.6 Å². The average molecular weight is 612 g/mol. The highest BCUT2D eigenvalue weighted by Gasteiger charge is 2.33. The van der Waals surface area contributed by atoms with E-state index < -0.39 is 23.0 Å². The summed E-state index contributed by atoms with van der Waals surface area (Å²) in [4.78, 5) is 49.7. The molecule has 0 spiro atoms. The molecular weight excluding hydrogens is 583 g/mol. The lowest BCUT2D eigenvalue weighted by molar-refractivity contribution is -0.141. The van der Waals surface area contributed by atoms with Crippen molar-refractivity contribution >= 4 is 46.5 Å².